The lowest BCUT2D eigenvalue weighted by Crippen LogP contribution is -2.51. The van der Waals surface area contributed by atoms with Crippen molar-refractivity contribution in [3.05, 3.63) is 65.9 Å². The number of H-pyrrole nitrogens is 1. The number of methoxy groups -OCH3 is 1. The van der Waals surface area contributed by atoms with E-state index in [-0.39, 0.29) is 6.54 Å². The van der Waals surface area contributed by atoms with E-state index in [1.165, 1.54) is 18.1 Å². The van der Waals surface area contributed by atoms with Gasteiger partial charge in [0.05, 0.1) is 13.7 Å². The number of nitrogens with one attached hydrogen (secondary N) is 3. The van der Waals surface area contributed by atoms with Gasteiger partial charge in [-0.3, -0.25) is 19.9 Å². The van der Waals surface area contributed by atoms with Crippen molar-refractivity contribution in [2.75, 3.05) is 26.7 Å². The first-order valence-electron chi connectivity index (χ1n) is 11.8. The zero-order valence-electron chi connectivity index (χ0n) is 19.8. The number of piperidine rings is 1. The molecule has 9 nitrogen and oxygen atoms in total. The van der Waals surface area contributed by atoms with E-state index in [1.54, 1.807) is 31.2 Å². The van der Waals surface area contributed by atoms with Gasteiger partial charge in [0.15, 0.2) is 0 Å². The van der Waals surface area contributed by atoms with Crippen molar-refractivity contribution in [3.8, 4) is 5.75 Å². The molecule has 1 atom stereocenters. The highest BCUT2D eigenvalue weighted by atomic mass is 16.5. The van der Waals surface area contributed by atoms with Crippen LogP contribution in [0.1, 0.15) is 36.8 Å². The van der Waals surface area contributed by atoms with Crippen molar-refractivity contribution in [2.45, 2.75) is 31.2 Å². The molecule has 3 aromatic rings. The number of hydrogen-bond acceptors (Lipinski definition) is 5. The van der Waals surface area contributed by atoms with Crippen LogP contribution >= 0.6 is 0 Å². The number of aromatic nitrogens is 1. The van der Waals surface area contributed by atoms with Gasteiger partial charge in [0.25, 0.3) is 11.8 Å². The third kappa shape index (κ3) is 4.23. The molecule has 0 spiro atoms. The minimum absolute atomic E-state index is 0.119. The molecule has 2 fully saturated rings. The van der Waals surface area contributed by atoms with Crippen LogP contribution in [0.2, 0.25) is 0 Å². The van der Waals surface area contributed by atoms with E-state index in [0.29, 0.717) is 17.2 Å². The first-order valence-corrected chi connectivity index (χ1v) is 11.8. The molecular weight excluding hydrogens is 446 g/mol. The topological polar surface area (TPSA) is 107 Å². The maximum atomic E-state index is 13.1. The van der Waals surface area contributed by atoms with E-state index < -0.39 is 23.4 Å². The van der Waals surface area contributed by atoms with Gasteiger partial charge >= 0.3 is 6.03 Å². The summed E-state index contributed by atoms with van der Waals surface area (Å²) in [5.41, 5.74) is 4.24. The Balaban J connectivity index is 1.18. The van der Waals surface area contributed by atoms with Gasteiger partial charge in [0, 0.05) is 17.1 Å². The minimum Gasteiger partial charge on any atom is -0.497 e. The van der Waals surface area contributed by atoms with Gasteiger partial charge in [0.2, 0.25) is 0 Å². The van der Waals surface area contributed by atoms with Gasteiger partial charge in [-0.15, -0.1) is 0 Å². The SMILES string of the molecule is COc1cccc(C2(C)NC(=O)N(NC(=O)CN3CCC(c4c[nH]c5ccccc45)CC3)C2=O)c1. The Morgan fingerprint density at radius 2 is 1.91 bits per heavy atom. The number of nitrogens with zero attached hydrogens (tertiary/aromatic N) is 2. The molecule has 3 N–H and O–H groups in total. The van der Waals surface area contributed by atoms with Crippen LogP contribution in [-0.4, -0.2) is 59.5 Å². The van der Waals surface area contributed by atoms with Gasteiger partial charge in [-0.05, 0) is 68.1 Å². The molecule has 2 saturated heterocycles. The minimum atomic E-state index is -1.30. The second kappa shape index (κ2) is 9.07. The van der Waals surface area contributed by atoms with Crippen LogP contribution in [0.15, 0.2) is 54.7 Å². The van der Waals surface area contributed by atoms with Crippen molar-refractivity contribution in [3.63, 3.8) is 0 Å². The average molecular weight is 476 g/mol. The van der Waals surface area contributed by atoms with E-state index in [2.05, 4.69) is 39.0 Å². The second-order valence-electron chi connectivity index (χ2n) is 9.30. The van der Waals surface area contributed by atoms with E-state index in [9.17, 15) is 14.4 Å². The van der Waals surface area contributed by atoms with E-state index in [1.807, 2.05) is 12.1 Å². The summed E-state index contributed by atoms with van der Waals surface area (Å²) in [7, 11) is 1.53. The molecular formula is C26H29N5O4. The number of fused-ring (bicyclic) bond motifs is 1. The van der Waals surface area contributed by atoms with Crippen molar-refractivity contribution < 1.29 is 19.1 Å². The van der Waals surface area contributed by atoms with Crippen LogP contribution in [0.3, 0.4) is 0 Å². The largest absolute Gasteiger partial charge is 0.497 e. The van der Waals surface area contributed by atoms with Crippen molar-refractivity contribution in [1.82, 2.24) is 25.6 Å². The molecule has 2 aromatic carbocycles. The third-order valence-electron chi connectivity index (χ3n) is 7.09. The number of aromatic amines is 1. The molecule has 182 valence electrons. The second-order valence-corrected chi connectivity index (χ2v) is 9.30. The zero-order valence-corrected chi connectivity index (χ0v) is 19.8. The molecule has 0 aliphatic carbocycles. The molecule has 9 heteroatoms. The first-order chi connectivity index (χ1) is 16.9. The summed E-state index contributed by atoms with van der Waals surface area (Å²) >= 11 is 0. The van der Waals surface area contributed by atoms with Crippen LogP contribution in [0.5, 0.6) is 5.75 Å². The fourth-order valence-electron chi connectivity index (χ4n) is 5.07. The monoisotopic (exact) mass is 475 g/mol. The molecule has 0 bridgehead atoms. The molecule has 1 unspecified atom stereocenters. The van der Waals surface area contributed by atoms with Gasteiger partial charge in [-0.1, -0.05) is 30.3 Å². The number of amides is 4. The maximum Gasteiger partial charge on any atom is 0.344 e. The number of hydrazine groups is 1. The Bertz CT molecular complexity index is 1280. The first kappa shape index (κ1) is 22.9. The summed E-state index contributed by atoms with van der Waals surface area (Å²) < 4.78 is 5.24. The lowest BCUT2D eigenvalue weighted by Gasteiger charge is -2.31. The molecule has 4 amide bonds. The summed E-state index contributed by atoms with van der Waals surface area (Å²) in [5, 5.41) is 4.72. The lowest BCUT2D eigenvalue weighted by molar-refractivity contribution is -0.139. The van der Waals surface area contributed by atoms with Crippen LogP contribution in [-0.2, 0) is 15.1 Å². The van der Waals surface area contributed by atoms with Crippen molar-refractivity contribution in [1.29, 1.82) is 0 Å². The summed E-state index contributed by atoms with van der Waals surface area (Å²) in [4.78, 5) is 43.8. The third-order valence-corrected chi connectivity index (χ3v) is 7.09. The Morgan fingerprint density at radius 3 is 2.69 bits per heavy atom. The number of benzene rings is 2. The van der Waals surface area contributed by atoms with Crippen LogP contribution in [0.4, 0.5) is 4.79 Å². The molecule has 5 rings (SSSR count). The Morgan fingerprint density at radius 1 is 1.14 bits per heavy atom. The number of likely N-dealkylation sites (tertiary alicyclic amines) is 1. The highest BCUT2D eigenvalue weighted by Crippen LogP contribution is 2.33. The number of imide groups is 1. The van der Waals surface area contributed by atoms with Crippen LogP contribution in [0.25, 0.3) is 10.9 Å². The highest BCUT2D eigenvalue weighted by Gasteiger charge is 2.50. The van der Waals surface area contributed by atoms with Crippen LogP contribution < -0.4 is 15.5 Å². The summed E-state index contributed by atoms with van der Waals surface area (Å²) in [6.45, 7) is 3.26. The number of rotatable bonds is 6. The standard InChI is InChI=1S/C26H29N5O4/c1-26(18-6-5-7-19(14-18)35-2)24(33)31(25(34)28-26)29-23(32)16-30-12-10-17(11-13-30)21-15-27-22-9-4-3-8-20(21)22/h3-9,14-15,17,27H,10-13,16H2,1-2H3,(H,28,34)(H,29,32). The summed E-state index contributed by atoms with van der Waals surface area (Å²) in [6, 6.07) is 14.6. The van der Waals surface area contributed by atoms with Gasteiger partial charge < -0.3 is 15.0 Å². The van der Waals surface area contributed by atoms with Gasteiger partial charge in [-0.2, -0.15) is 5.01 Å². The summed E-state index contributed by atoms with van der Waals surface area (Å²) in [5.74, 6) is 0.0698. The molecule has 3 heterocycles. The quantitative estimate of drug-likeness (QED) is 0.476. The fraction of sp³-hybridized carbons (Fsp3) is 0.346. The molecule has 0 saturated carbocycles. The van der Waals surface area contributed by atoms with Gasteiger partial charge in [-0.25, -0.2) is 4.79 Å². The van der Waals surface area contributed by atoms with E-state index in [4.69, 9.17) is 4.74 Å². The van der Waals surface area contributed by atoms with E-state index >= 15 is 0 Å². The number of hydrogen-bond donors (Lipinski definition) is 3. The van der Waals surface area contributed by atoms with Crippen LogP contribution in [0, 0.1) is 0 Å². The smallest absolute Gasteiger partial charge is 0.344 e. The number of carbonyl (C=O) groups excluding carboxylic acids is 3. The Hall–Kier alpha value is -3.85. The van der Waals surface area contributed by atoms with Gasteiger partial charge in [0.1, 0.15) is 11.3 Å². The molecule has 0 radical (unpaired) electrons. The normalized spacial score (nSPS) is 21.4. The molecule has 2 aliphatic rings. The molecule has 35 heavy (non-hydrogen) atoms. The summed E-state index contributed by atoms with van der Waals surface area (Å²) in [6.07, 6.45) is 3.97. The number of para-hydroxylation sites is 1. The number of ether oxygens (including phenoxy) is 1. The zero-order chi connectivity index (χ0) is 24.6. The molecule has 2 aliphatic heterocycles. The van der Waals surface area contributed by atoms with Crippen molar-refractivity contribution in [2.24, 2.45) is 0 Å². The van der Waals surface area contributed by atoms with Crippen molar-refractivity contribution >= 4 is 28.7 Å². The predicted octanol–water partition coefficient (Wildman–Crippen LogP) is 2.85. The van der Waals surface area contributed by atoms with E-state index in [0.717, 1.165) is 36.5 Å². The number of carbonyl (C=O) groups is 3. The lowest BCUT2D eigenvalue weighted by atomic mass is 9.89. The fourth-order valence-corrected chi connectivity index (χ4v) is 5.07. The maximum absolute atomic E-state index is 13.1. The number of urea groups is 1. The Labute approximate surface area is 203 Å². The predicted molar refractivity (Wildman–Crippen MR) is 131 cm³/mol. The Kier molecular flexibility index (Phi) is 5.94. The highest BCUT2D eigenvalue weighted by molar-refractivity contribution is 6.08. The molecule has 1 aromatic heterocycles. The average Bonchev–Trinajstić information content (AvgIpc) is 3.40.